The quantitative estimate of drug-likeness (QED) is 0.889. The highest BCUT2D eigenvalue weighted by molar-refractivity contribution is 5.85. The first-order valence-electron chi connectivity index (χ1n) is 7.07. The summed E-state index contributed by atoms with van der Waals surface area (Å²) >= 11 is 0. The van der Waals surface area contributed by atoms with Crippen LogP contribution in [0, 0.1) is 0 Å². The molecule has 106 valence electrons. The maximum absolute atomic E-state index is 12.7. The fraction of sp³-hybridized carbons (Fsp3) is 0.667. The summed E-state index contributed by atoms with van der Waals surface area (Å²) in [6.07, 6.45) is 6.30. The molecule has 1 heterocycles. The van der Waals surface area contributed by atoms with Crippen molar-refractivity contribution in [2.75, 3.05) is 7.05 Å². The van der Waals surface area contributed by atoms with Crippen LogP contribution in [0.15, 0.2) is 22.8 Å². The van der Waals surface area contributed by atoms with E-state index in [1.807, 2.05) is 37.9 Å². The van der Waals surface area contributed by atoms with Crippen LogP contribution in [0.1, 0.15) is 45.3 Å². The Morgan fingerprint density at radius 1 is 1.47 bits per heavy atom. The molecule has 0 aliphatic heterocycles. The lowest BCUT2D eigenvalue weighted by Gasteiger charge is -2.35. The van der Waals surface area contributed by atoms with Crippen molar-refractivity contribution in [3.8, 4) is 0 Å². The summed E-state index contributed by atoms with van der Waals surface area (Å²) in [7, 11) is 1.83. The first kappa shape index (κ1) is 14.1. The lowest BCUT2D eigenvalue weighted by Crippen LogP contribution is -2.54. The third-order valence-electron chi connectivity index (χ3n) is 4.09. The largest absolute Gasteiger partial charge is 0.467 e. The Labute approximate surface area is 115 Å². The van der Waals surface area contributed by atoms with Gasteiger partial charge < -0.3 is 14.6 Å². The molecule has 4 heteroatoms. The summed E-state index contributed by atoms with van der Waals surface area (Å²) in [5.41, 5.74) is -0.533. The molecule has 0 aromatic carbocycles. The number of nitrogens with one attached hydrogen (secondary N) is 1. The molecule has 0 radical (unpaired) electrons. The average Bonchev–Trinajstić information content (AvgIpc) is 3.07. The second-order valence-electron chi connectivity index (χ2n) is 5.83. The highest BCUT2D eigenvalue weighted by atomic mass is 16.3. The van der Waals surface area contributed by atoms with Crippen LogP contribution in [0.3, 0.4) is 0 Å². The van der Waals surface area contributed by atoms with E-state index in [-0.39, 0.29) is 5.91 Å². The van der Waals surface area contributed by atoms with Gasteiger partial charge in [-0.15, -0.1) is 0 Å². The monoisotopic (exact) mass is 264 g/mol. The van der Waals surface area contributed by atoms with Crippen LogP contribution in [0.5, 0.6) is 0 Å². The maximum atomic E-state index is 12.7. The minimum absolute atomic E-state index is 0.151. The van der Waals surface area contributed by atoms with Gasteiger partial charge in [0.2, 0.25) is 5.91 Å². The van der Waals surface area contributed by atoms with E-state index in [1.54, 1.807) is 6.26 Å². The van der Waals surface area contributed by atoms with E-state index >= 15 is 0 Å². The van der Waals surface area contributed by atoms with Crippen LogP contribution >= 0.6 is 0 Å². The Balaban J connectivity index is 2.16. The number of carbonyl (C=O) groups excluding carboxylic acids is 1. The summed E-state index contributed by atoms with van der Waals surface area (Å²) in [6, 6.07) is 4.16. The molecule has 1 aromatic heterocycles. The molecular weight excluding hydrogens is 240 g/mol. The zero-order chi connectivity index (χ0) is 13.9. The van der Waals surface area contributed by atoms with Crippen molar-refractivity contribution in [3.63, 3.8) is 0 Å². The van der Waals surface area contributed by atoms with Crippen molar-refractivity contribution < 1.29 is 9.21 Å². The fourth-order valence-corrected chi connectivity index (χ4v) is 2.62. The molecule has 4 nitrogen and oxygen atoms in total. The fourth-order valence-electron chi connectivity index (χ4n) is 2.62. The van der Waals surface area contributed by atoms with Crippen molar-refractivity contribution in [1.82, 2.24) is 10.2 Å². The van der Waals surface area contributed by atoms with Crippen molar-refractivity contribution in [3.05, 3.63) is 24.2 Å². The van der Waals surface area contributed by atoms with E-state index in [1.165, 1.54) is 12.8 Å². The molecule has 19 heavy (non-hydrogen) atoms. The van der Waals surface area contributed by atoms with Gasteiger partial charge in [-0.05, 0) is 45.9 Å². The highest BCUT2D eigenvalue weighted by Crippen LogP contribution is 2.27. The first-order valence-corrected chi connectivity index (χ1v) is 7.07. The van der Waals surface area contributed by atoms with E-state index in [9.17, 15) is 4.79 Å². The van der Waals surface area contributed by atoms with Crippen LogP contribution in [0.4, 0.5) is 0 Å². The second kappa shape index (κ2) is 5.78. The predicted octanol–water partition coefficient (Wildman–Crippen LogP) is 2.55. The third-order valence-corrected chi connectivity index (χ3v) is 4.09. The number of furan rings is 1. The molecule has 0 saturated heterocycles. The zero-order valence-electron chi connectivity index (χ0n) is 12.1. The van der Waals surface area contributed by atoms with Gasteiger partial charge in [0.25, 0.3) is 0 Å². The Morgan fingerprint density at radius 2 is 2.16 bits per heavy atom. The van der Waals surface area contributed by atoms with Gasteiger partial charge in [-0.1, -0.05) is 12.8 Å². The molecule has 1 N–H and O–H groups in total. The lowest BCUT2D eigenvalue weighted by molar-refractivity contribution is -0.140. The number of hydrogen-bond donors (Lipinski definition) is 1. The highest BCUT2D eigenvalue weighted by Gasteiger charge is 2.35. The van der Waals surface area contributed by atoms with Gasteiger partial charge in [0, 0.05) is 6.04 Å². The molecule has 0 spiro atoms. The summed E-state index contributed by atoms with van der Waals surface area (Å²) < 4.78 is 5.41. The van der Waals surface area contributed by atoms with Gasteiger partial charge >= 0.3 is 0 Å². The van der Waals surface area contributed by atoms with Gasteiger partial charge in [0.05, 0.1) is 18.3 Å². The van der Waals surface area contributed by atoms with Gasteiger partial charge in [-0.2, -0.15) is 0 Å². The Kier molecular flexibility index (Phi) is 4.30. The molecule has 1 fully saturated rings. The number of rotatable bonds is 5. The van der Waals surface area contributed by atoms with E-state index in [0.717, 1.165) is 18.6 Å². The van der Waals surface area contributed by atoms with Gasteiger partial charge in [-0.3, -0.25) is 4.79 Å². The van der Waals surface area contributed by atoms with Crippen LogP contribution < -0.4 is 5.32 Å². The molecule has 1 saturated carbocycles. The molecule has 1 aliphatic rings. The van der Waals surface area contributed by atoms with Crippen molar-refractivity contribution >= 4 is 5.91 Å². The number of amides is 1. The van der Waals surface area contributed by atoms with Crippen LogP contribution in [0.25, 0.3) is 0 Å². The molecule has 1 aromatic rings. The average molecular weight is 264 g/mol. The first-order chi connectivity index (χ1) is 9.04. The molecule has 0 atom stereocenters. The minimum Gasteiger partial charge on any atom is -0.467 e. The number of hydrogen-bond acceptors (Lipinski definition) is 3. The van der Waals surface area contributed by atoms with E-state index < -0.39 is 5.54 Å². The van der Waals surface area contributed by atoms with Crippen LogP contribution in [-0.4, -0.2) is 29.4 Å². The summed E-state index contributed by atoms with van der Waals surface area (Å²) in [4.78, 5) is 14.7. The molecule has 0 bridgehead atoms. The Hall–Kier alpha value is -1.29. The van der Waals surface area contributed by atoms with Crippen molar-refractivity contribution in [2.45, 2.75) is 57.7 Å². The summed E-state index contributed by atoms with van der Waals surface area (Å²) in [5, 5.41) is 3.10. The number of likely N-dealkylation sites (N-methyl/N-ethyl adjacent to an activating group) is 1. The third kappa shape index (κ3) is 3.18. The molecule has 0 unspecified atom stereocenters. The molecule has 1 aliphatic carbocycles. The lowest BCUT2D eigenvalue weighted by atomic mass is 10.0. The standard InChI is InChI=1S/C15H24N2O2/c1-15(2,16-3)14(18)17(12-7-4-5-8-12)11-13-9-6-10-19-13/h6,9-10,12,16H,4-5,7-8,11H2,1-3H3. The maximum Gasteiger partial charge on any atom is 0.242 e. The SMILES string of the molecule is CNC(C)(C)C(=O)N(Cc1ccco1)C1CCCC1. The smallest absolute Gasteiger partial charge is 0.242 e. The van der Waals surface area contributed by atoms with Gasteiger partial charge in [0.15, 0.2) is 0 Å². The predicted molar refractivity (Wildman–Crippen MR) is 74.7 cm³/mol. The second-order valence-corrected chi connectivity index (χ2v) is 5.83. The minimum atomic E-state index is -0.533. The van der Waals surface area contributed by atoms with Gasteiger partial charge in [0.1, 0.15) is 5.76 Å². The van der Waals surface area contributed by atoms with E-state index in [4.69, 9.17) is 4.42 Å². The summed E-state index contributed by atoms with van der Waals surface area (Å²) in [5.74, 6) is 1.01. The Bertz CT molecular complexity index is 406. The van der Waals surface area contributed by atoms with Crippen LogP contribution in [0.2, 0.25) is 0 Å². The zero-order valence-corrected chi connectivity index (χ0v) is 12.1. The van der Waals surface area contributed by atoms with E-state index in [2.05, 4.69) is 5.32 Å². The normalized spacial score (nSPS) is 16.8. The molecular formula is C15H24N2O2. The Morgan fingerprint density at radius 3 is 2.68 bits per heavy atom. The summed E-state index contributed by atoms with van der Waals surface area (Å²) in [6.45, 7) is 4.43. The van der Waals surface area contributed by atoms with Crippen molar-refractivity contribution in [2.24, 2.45) is 0 Å². The van der Waals surface area contributed by atoms with Crippen molar-refractivity contribution in [1.29, 1.82) is 0 Å². The topological polar surface area (TPSA) is 45.5 Å². The number of carbonyl (C=O) groups is 1. The van der Waals surface area contributed by atoms with Crippen LogP contribution in [-0.2, 0) is 11.3 Å². The van der Waals surface area contributed by atoms with Gasteiger partial charge in [-0.25, -0.2) is 0 Å². The molecule has 1 amide bonds. The van der Waals surface area contributed by atoms with E-state index in [0.29, 0.717) is 12.6 Å². The number of nitrogens with zero attached hydrogens (tertiary/aromatic N) is 1. The molecule has 2 rings (SSSR count).